The first-order chi connectivity index (χ1) is 10.6. The first-order valence-corrected chi connectivity index (χ1v) is 7.80. The highest BCUT2D eigenvalue weighted by molar-refractivity contribution is 6.30. The van der Waals surface area contributed by atoms with Gasteiger partial charge in [0.2, 0.25) is 0 Å². The van der Waals surface area contributed by atoms with Crippen molar-refractivity contribution in [3.63, 3.8) is 0 Å². The number of carbonyl (C=O) groups excluding carboxylic acids is 1. The Bertz CT molecular complexity index is 622. The van der Waals surface area contributed by atoms with E-state index in [2.05, 4.69) is 22.7 Å². The molecular weight excluding hydrogens is 300 g/mol. The molecule has 0 fully saturated rings. The second-order valence-electron chi connectivity index (χ2n) is 5.06. The summed E-state index contributed by atoms with van der Waals surface area (Å²) in [5, 5.41) is 11.2. The van der Waals surface area contributed by atoms with Crippen molar-refractivity contribution in [2.24, 2.45) is 0 Å². The SMILES string of the molecule is CCCNCCNC(=O)c1cn(-c2ccc(Cl)cc2)nc1C. The summed E-state index contributed by atoms with van der Waals surface area (Å²) in [6.07, 6.45) is 2.83. The van der Waals surface area contributed by atoms with E-state index in [1.54, 1.807) is 23.0 Å². The van der Waals surface area contributed by atoms with Gasteiger partial charge in [-0.1, -0.05) is 18.5 Å². The smallest absolute Gasteiger partial charge is 0.254 e. The molecule has 1 heterocycles. The van der Waals surface area contributed by atoms with Crippen molar-refractivity contribution < 1.29 is 4.79 Å². The summed E-state index contributed by atoms with van der Waals surface area (Å²) in [5.74, 6) is -0.101. The van der Waals surface area contributed by atoms with Crippen LogP contribution in [0.15, 0.2) is 30.5 Å². The number of amides is 1. The zero-order valence-electron chi connectivity index (χ0n) is 12.9. The quantitative estimate of drug-likeness (QED) is 0.771. The Kier molecular flexibility index (Phi) is 5.98. The molecule has 0 spiro atoms. The van der Waals surface area contributed by atoms with Crippen LogP contribution in [-0.4, -0.2) is 35.3 Å². The molecule has 2 rings (SSSR count). The van der Waals surface area contributed by atoms with E-state index in [1.807, 2.05) is 19.1 Å². The summed E-state index contributed by atoms with van der Waals surface area (Å²) >= 11 is 5.88. The minimum atomic E-state index is -0.101. The predicted molar refractivity (Wildman–Crippen MR) is 88.8 cm³/mol. The number of benzene rings is 1. The first-order valence-electron chi connectivity index (χ1n) is 7.43. The molecule has 0 aliphatic carbocycles. The molecule has 2 aromatic rings. The van der Waals surface area contributed by atoms with Crippen LogP contribution in [0.4, 0.5) is 0 Å². The van der Waals surface area contributed by atoms with Crippen LogP contribution in [-0.2, 0) is 0 Å². The van der Waals surface area contributed by atoms with Crippen LogP contribution >= 0.6 is 11.6 Å². The lowest BCUT2D eigenvalue weighted by Gasteiger charge is -2.05. The second-order valence-corrected chi connectivity index (χ2v) is 5.49. The van der Waals surface area contributed by atoms with Crippen LogP contribution in [0.25, 0.3) is 5.69 Å². The molecule has 6 heteroatoms. The van der Waals surface area contributed by atoms with Crippen LogP contribution in [0.1, 0.15) is 29.4 Å². The van der Waals surface area contributed by atoms with E-state index in [9.17, 15) is 4.79 Å². The molecule has 0 aliphatic rings. The predicted octanol–water partition coefficient (Wildman–Crippen LogP) is 2.56. The highest BCUT2D eigenvalue weighted by Crippen LogP contribution is 2.15. The van der Waals surface area contributed by atoms with Gasteiger partial charge in [0.25, 0.3) is 5.91 Å². The molecule has 2 N–H and O–H groups in total. The molecule has 5 nitrogen and oxygen atoms in total. The van der Waals surface area contributed by atoms with Gasteiger partial charge in [-0.3, -0.25) is 4.79 Å². The molecule has 1 aromatic carbocycles. The third-order valence-corrected chi connectivity index (χ3v) is 3.50. The number of hydrogen-bond acceptors (Lipinski definition) is 3. The molecule has 0 aliphatic heterocycles. The molecule has 0 unspecified atom stereocenters. The lowest BCUT2D eigenvalue weighted by molar-refractivity contribution is 0.0953. The van der Waals surface area contributed by atoms with Crippen molar-refractivity contribution >= 4 is 17.5 Å². The van der Waals surface area contributed by atoms with Gasteiger partial charge in [0.1, 0.15) is 0 Å². The fraction of sp³-hybridized carbons (Fsp3) is 0.375. The summed E-state index contributed by atoms with van der Waals surface area (Å²) < 4.78 is 1.69. The van der Waals surface area contributed by atoms with Gasteiger partial charge in [-0.05, 0) is 44.2 Å². The van der Waals surface area contributed by atoms with Crippen LogP contribution in [0.5, 0.6) is 0 Å². The van der Waals surface area contributed by atoms with E-state index in [4.69, 9.17) is 11.6 Å². The highest BCUT2D eigenvalue weighted by Gasteiger charge is 2.13. The number of aryl methyl sites for hydroxylation is 1. The molecule has 0 saturated carbocycles. The normalized spacial score (nSPS) is 10.7. The standard InChI is InChI=1S/C16H21ClN4O/c1-3-8-18-9-10-19-16(22)15-11-21(20-12(15)2)14-6-4-13(17)5-7-14/h4-7,11,18H,3,8-10H2,1-2H3,(H,19,22). The largest absolute Gasteiger partial charge is 0.351 e. The lowest BCUT2D eigenvalue weighted by atomic mass is 10.2. The maximum atomic E-state index is 12.2. The third kappa shape index (κ3) is 4.32. The maximum Gasteiger partial charge on any atom is 0.254 e. The lowest BCUT2D eigenvalue weighted by Crippen LogP contribution is -2.32. The summed E-state index contributed by atoms with van der Waals surface area (Å²) in [4.78, 5) is 12.2. The van der Waals surface area contributed by atoms with E-state index in [0.29, 0.717) is 22.8 Å². The Labute approximate surface area is 135 Å². The number of halogens is 1. The van der Waals surface area contributed by atoms with Crippen LogP contribution in [0.2, 0.25) is 5.02 Å². The van der Waals surface area contributed by atoms with Crippen molar-refractivity contribution in [3.8, 4) is 5.69 Å². The molecule has 0 saturated heterocycles. The summed E-state index contributed by atoms with van der Waals surface area (Å²) in [6.45, 7) is 6.27. The zero-order chi connectivity index (χ0) is 15.9. The Morgan fingerprint density at radius 3 is 2.64 bits per heavy atom. The Hall–Kier alpha value is -1.85. The summed E-state index contributed by atoms with van der Waals surface area (Å²) in [7, 11) is 0. The fourth-order valence-corrected chi connectivity index (χ4v) is 2.20. The maximum absolute atomic E-state index is 12.2. The average Bonchev–Trinajstić information content (AvgIpc) is 2.89. The Morgan fingerprint density at radius 1 is 1.23 bits per heavy atom. The zero-order valence-corrected chi connectivity index (χ0v) is 13.7. The fourth-order valence-electron chi connectivity index (χ4n) is 2.07. The van der Waals surface area contributed by atoms with E-state index in [-0.39, 0.29) is 5.91 Å². The number of nitrogens with zero attached hydrogens (tertiary/aromatic N) is 2. The highest BCUT2D eigenvalue weighted by atomic mass is 35.5. The van der Waals surface area contributed by atoms with E-state index < -0.39 is 0 Å². The van der Waals surface area contributed by atoms with Gasteiger partial charge >= 0.3 is 0 Å². The molecule has 1 aromatic heterocycles. The van der Waals surface area contributed by atoms with Gasteiger partial charge in [-0.2, -0.15) is 5.10 Å². The minimum absolute atomic E-state index is 0.101. The van der Waals surface area contributed by atoms with Gasteiger partial charge in [0.05, 0.1) is 16.9 Å². The van der Waals surface area contributed by atoms with E-state index in [0.717, 1.165) is 25.2 Å². The molecule has 0 bridgehead atoms. The van der Waals surface area contributed by atoms with Gasteiger partial charge in [0.15, 0.2) is 0 Å². The van der Waals surface area contributed by atoms with Crippen LogP contribution in [0.3, 0.4) is 0 Å². The molecule has 118 valence electrons. The molecule has 1 amide bonds. The topological polar surface area (TPSA) is 58.9 Å². The van der Waals surface area contributed by atoms with Gasteiger partial charge < -0.3 is 10.6 Å². The van der Waals surface area contributed by atoms with Crippen molar-refractivity contribution in [1.29, 1.82) is 0 Å². The first kappa shape index (κ1) is 16.5. The molecule has 22 heavy (non-hydrogen) atoms. The van der Waals surface area contributed by atoms with Crippen molar-refractivity contribution in [2.45, 2.75) is 20.3 Å². The number of carbonyl (C=O) groups is 1. The monoisotopic (exact) mass is 320 g/mol. The Balaban J connectivity index is 2.00. The number of nitrogens with one attached hydrogen (secondary N) is 2. The van der Waals surface area contributed by atoms with Gasteiger partial charge in [-0.15, -0.1) is 0 Å². The summed E-state index contributed by atoms with van der Waals surface area (Å²) in [6, 6.07) is 7.33. The van der Waals surface area contributed by atoms with Crippen LogP contribution < -0.4 is 10.6 Å². The number of aromatic nitrogens is 2. The number of rotatable bonds is 7. The van der Waals surface area contributed by atoms with Gasteiger partial charge in [0, 0.05) is 24.3 Å². The van der Waals surface area contributed by atoms with Gasteiger partial charge in [-0.25, -0.2) is 4.68 Å². The number of hydrogen-bond donors (Lipinski definition) is 2. The van der Waals surface area contributed by atoms with E-state index in [1.165, 1.54) is 0 Å². The third-order valence-electron chi connectivity index (χ3n) is 3.25. The molecular formula is C16H21ClN4O. The van der Waals surface area contributed by atoms with Crippen molar-refractivity contribution in [3.05, 3.63) is 46.7 Å². The minimum Gasteiger partial charge on any atom is -0.351 e. The Morgan fingerprint density at radius 2 is 1.95 bits per heavy atom. The average molecular weight is 321 g/mol. The van der Waals surface area contributed by atoms with Crippen molar-refractivity contribution in [2.75, 3.05) is 19.6 Å². The second kappa shape index (κ2) is 7.96. The molecule has 0 atom stereocenters. The summed E-state index contributed by atoms with van der Waals surface area (Å²) in [5.41, 5.74) is 2.16. The van der Waals surface area contributed by atoms with E-state index >= 15 is 0 Å². The van der Waals surface area contributed by atoms with Crippen molar-refractivity contribution in [1.82, 2.24) is 20.4 Å². The molecule has 0 radical (unpaired) electrons. The van der Waals surface area contributed by atoms with Crippen LogP contribution in [0, 0.1) is 6.92 Å².